The summed E-state index contributed by atoms with van der Waals surface area (Å²) < 4.78 is 34.1. The molecule has 4 rings (SSSR count). The second-order valence-corrected chi connectivity index (χ2v) is 10.4. The lowest BCUT2D eigenvalue weighted by atomic mass is 9.95. The lowest BCUT2D eigenvalue weighted by molar-refractivity contribution is -0.122. The van der Waals surface area contributed by atoms with E-state index in [-0.39, 0.29) is 22.6 Å². The molecular formula is C25H23ClN4O4S. The van der Waals surface area contributed by atoms with Gasteiger partial charge in [0.05, 0.1) is 16.0 Å². The first-order valence-electron chi connectivity index (χ1n) is 10.7. The van der Waals surface area contributed by atoms with Crippen molar-refractivity contribution >= 4 is 38.9 Å². The largest absolute Gasteiger partial charge is 0.416 e. The fourth-order valence-electron chi connectivity index (χ4n) is 3.05. The van der Waals surface area contributed by atoms with E-state index in [2.05, 4.69) is 20.2 Å². The van der Waals surface area contributed by atoms with Crippen molar-refractivity contribution in [2.75, 3.05) is 15.9 Å². The Kier molecular flexibility index (Phi) is 6.90. The standard InChI is InChI=1S/C25H23ClN4O4S/c1-25(2,16-26)24(31)27-19-9-6-10-20(15-19)30-35(32,33)21-13-11-18(12-14-21)23-29-28-22(34-23)17-7-4-3-5-8-17/h3-15,30H,16H2,1-2H3,(H,27,31). The fourth-order valence-corrected chi connectivity index (χ4v) is 4.22. The van der Waals surface area contributed by atoms with Crippen molar-refractivity contribution < 1.29 is 17.6 Å². The molecule has 180 valence electrons. The molecule has 0 unspecified atom stereocenters. The number of sulfonamides is 1. The maximum atomic E-state index is 12.9. The second kappa shape index (κ2) is 9.89. The molecule has 1 amide bonds. The van der Waals surface area contributed by atoms with Gasteiger partial charge in [0.1, 0.15) is 0 Å². The van der Waals surface area contributed by atoms with E-state index in [1.165, 1.54) is 18.2 Å². The van der Waals surface area contributed by atoms with Crippen LogP contribution in [0.3, 0.4) is 0 Å². The number of hydrogen-bond donors (Lipinski definition) is 2. The molecule has 0 bridgehead atoms. The van der Waals surface area contributed by atoms with Crippen molar-refractivity contribution in [1.82, 2.24) is 10.2 Å². The van der Waals surface area contributed by atoms with Crippen molar-refractivity contribution in [3.8, 4) is 22.9 Å². The van der Waals surface area contributed by atoms with Crippen molar-refractivity contribution in [3.63, 3.8) is 0 Å². The second-order valence-electron chi connectivity index (χ2n) is 8.46. The number of alkyl halides is 1. The summed E-state index contributed by atoms with van der Waals surface area (Å²) in [6, 6.07) is 21.9. The van der Waals surface area contributed by atoms with Gasteiger partial charge in [-0.15, -0.1) is 21.8 Å². The number of nitrogens with one attached hydrogen (secondary N) is 2. The average molecular weight is 511 g/mol. The van der Waals surface area contributed by atoms with Crippen molar-refractivity contribution in [3.05, 3.63) is 78.9 Å². The van der Waals surface area contributed by atoms with Crippen molar-refractivity contribution in [2.24, 2.45) is 5.41 Å². The lowest BCUT2D eigenvalue weighted by Crippen LogP contribution is -2.32. The zero-order valence-electron chi connectivity index (χ0n) is 19.0. The summed E-state index contributed by atoms with van der Waals surface area (Å²) in [7, 11) is -3.88. The van der Waals surface area contributed by atoms with Crippen LogP contribution in [0.4, 0.5) is 11.4 Å². The molecule has 0 atom stereocenters. The van der Waals surface area contributed by atoms with Crippen LogP contribution in [-0.4, -0.2) is 30.4 Å². The van der Waals surface area contributed by atoms with Crippen molar-refractivity contribution in [1.29, 1.82) is 0 Å². The molecular weight excluding hydrogens is 488 g/mol. The number of amides is 1. The van der Waals surface area contributed by atoms with Gasteiger partial charge >= 0.3 is 0 Å². The summed E-state index contributed by atoms with van der Waals surface area (Å²) in [4.78, 5) is 12.4. The first-order valence-corrected chi connectivity index (χ1v) is 12.7. The third kappa shape index (κ3) is 5.70. The average Bonchev–Trinajstić information content (AvgIpc) is 3.35. The Morgan fingerprint density at radius 3 is 2.11 bits per heavy atom. The number of nitrogens with zero attached hydrogens (tertiary/aromatic N) is 2. The van der Waals surface area contributed by atoms with E-state index in [4.69, 9.17) is 16.0 Å². The van der Waals surface area contributed by atoms with Gasteiger partial charge in [-0.2, -0.15) is 0 Å². The minimum Gasteiger partial charge on any atom is -0.416 e. The molecule has 0 aliphatic heterocycles. The van der Waals surface area contributed by atoms with Gasteiger partial charge in [-0.05, 0) is 68.4 Å². The molecule has 0 saturated heterocycles. The topological polar surface area (TPSA) is 114 Å². The van der Waals surface area contributed by atoms with Crippen LogP contribution >= 0.6 is 11.6 Å². The minimum absolute atomic E-state index is 0.0572. The summed E-state index contributed by atoms with van der Waals surface area (Å²) >= 11 is 5.85. The maximum absolute atomic E-state index is 12.9. The van der Waals surface area contributed by atoms with Crippen LogP contribution in [0.25, 0.3) is 22.9 Å². The van der Waals surface area contributed by atoms with Gasteiger partial charge in [-0.25, -0.2) is 8.42 Å². The number of carbonyl (C=O) groups is 1. The van der Waals surface area contributed by atoms with E-state index < -0.39 is 15.4 Å². The monoisotopic (exact) mass is 510 g/mol. The molecule has 4 aromatic rings. The zero-order valence-corrected chi connectivity index (χ0v) is 20.6. The SMILES string of the molecule is CC(C)(CCl)C(=O)Nc1cccc(NS(=O)(=O)c2ccc(-c3nnc(-c4ccccc4)o3)cc2)c1. The summed E-state index contributed by atoms with van der Waals surface area (Å²) in [5.74, 6) is 0.544. The number of halogens is 1. The molecule has 0 radical (unpaired) electrons. The number of carbonyl (C=O) groups excluding carboxylic acids is 1. The fraction of sp³-hybridized carbons (Fsp3) is 0.160. The van der Waals surface area contributed by atoms with E-state index in [0.717, 1.165) is 5.56 Å². The van der Waals surface area contributed by atoms with Gasteiger partial charge in [-0.3, -0.25) is 9.52 Å². The van der Waals surface area contributed by atoms with Gasteiger partial charge in [0, 0.05) is 22.7 Å². The molecule has 8 nitrogen and oxygen atoms in total. The molecule has 0 fully saturated rings. The van der Waals surface area contributed by atoms with E-state index in [1.807, 2.05) is 30.3 Å². The first-order chi connectivity index (χ1) is 16.7. The van der Waals surface area contributed by atoms with E-state index in [9.17, 15) is 13.2 Å². The van der Waals surface area contributed by atoms with Crippen LogP contribution in [0.1, 0.15) is 13.8 Å². The predicted molar refractivity (Wildman–Crippen MR) is 136 cm³/mol. The van der Waals surface area contributed by atoms with E-state index in [0.29, 0.717) is 22.8 Å². The third-order valence-corrected chi connectivity index (χ3v) is 7.24. The van der Waals surface area contributed by atoms with E-state index in [1.54, 1.807) is 44.2 Å². The highest BCUT2D eigenvalue weighted by Crippen LogP contribution is 2.26. The molecule has 1 heterocycles. The number of hydrogen-bond acceptors (Lipinski definition) is 6. The van der Waals surface area contributed by atoms with Crippen LogP contribution in [0, 0.1) is 5.41 Å². The summed E-state index contributed by atoms with van der Waals surface area (Å²) in [5.41, 5.74) is 1.37. The van der Waals surface area contributed by atoms with Gasteiger partial charge < -0.3 is 9.73 Å². The van der Waals surface area contributed by atoms with Crippen LogP contribution in [0.15, 0.2) is 88.2 Å². The third-order valence-electron chi connectivity index (χ3n) is 5.18. The molecule has 0 aliphatic carbocycles. The Balaban J connectivity index is 1.48. The molecule has 0 saturated carbocycles. The van der Waals surface area contributed by atoms with Gasteiger partial charge in [0.2, 0.25) is 17.7 Å². The van der Waals surface area contributed by atoms with Gasteiger partial charge in [0.15, 0.2) is 0 Å². The Morgan fingerprint density at radius 2 is 1.49 bits per heavy atom. The molecule has 0 spiro atoms. The smallest absolute Gasteiger partial charge is 0.261 e. The van der Waals surface area contributed by atoms with Gasteiger partial charge in [-0.1, -0.05) is 24.3 Å². The van der Waals surface area contributed by atoms with Crippen molar-refractivity contribution in [2.45, 2.75) is 18.7 Å². The van der Waals surface area contributed by atoms with Crippen LogP contribution < -0.4 is 10.0 Å². The Bertz CT molecular complexity index is 1440. The van der Waals surface area contributed by atoms with Crippen LogP contribution in [0.2, 0.25) is 0 Å². The number of aromatic nitrogens is 2. The highest BCUT2D eigenvalue weighted by atomic mass is 35.5. The van der Waals surface area contributed by atoms with Crippen LogP contribution in [-0.2, 0) is 14.8 Å². The maximum Gasteiger partial charge on any atom is 0.261 e. The minimum atomic E-state index is -3.88. The molecule has 1 aromatic heterocycles. The highest BCUT2D eigenvalue weighted by molar-refractivity contribution is 7.92. The first kappa shape index (κ1) is 24.4. The number of rotatable bonds is 8. The zero-order chi connectivity index (χ0) is 25.1. The lowest BCUT2D eigenvalue weighted by Gasteiger charge is -2.20. The molecule has 2 N–H and O–H groups in total. The highest BCUT2D eigenvalue weighted by Gasteiger charge is 2.26. The Morgan fingerprint density at radius 1 is 0.886 bits per heavy atom. The van der Waals surface area contributed by atoms with Crippen LogP contribution in [0.5, 0.6) is 0 Å². The number of anilines is 2. The summed E-state index contributed by atoms with van der Waals surface area (Å²) in [6.45, 7) is 3.45. The van der Waals surface area contributed by atoms with E-state index >= 15 is 0 Å². The molecule has 0 aliphatic rings. The van der Waals surface area contributed by atoms with Gasteiger partial charge in [0.25, 0.3) is 10.0 Å². The predicted octanol–water partition coefficient (Wildman–Crippen LogP) is 5.41. The molecule has 3 aromatic carbocycles. The quantitative estimate of drug-likeness (QED) is 0.306. The molecule has 10 heteroatoms. The normalized spacial score (nSPS) is 11.7. The number of benzene rings is 3. The summed E-state index contributed by atoms with van der Waals surface area (Å²) in [6.07, 6.45) is 0. The Labute approximate surface area is 208 Å². The Hall–Kier alpha value is -3.69. The summed E-state index contributed by atoms with van der Waals surface area (Å²) in [5, 5.41) is 10.9. The molecule has 35 heavy (non-hydrogen) atoms.